The first-order valence-corrected chi connectivity index (χ1v) is 11.2. The summed E-state index contributed by atoms with van der Waals surface area (Å²) in [5, 5.41) is 7.60. The van der Waals surface area contributed by atoms with Crippen LogP contribution in [0.2, 0.25) is 0 Å². The molecule has 0 saturated heterocycles. The van der Waals surface area contributed by atoms with Crippen LogP contribution in [0.3, 0.4) is 0 Å². The topological polar surface area (TPSA) is 106 Å². The number of halogens is 6. The van der Waals surface area contributed by atoms with Crippen LogP contribution in [0.4, 0.5) is 26.3 Å². The Labute approximate surface area is 177 Å². The van der Waals surface area contributed by atoms with Gasteiger partial charge in [0.25, 0.3) is 19.7 Å². The highest BCUT2D eigenvalue weighted by atomic mass is 32.2. The van der Waals surface area contributed by atoms with E-state index in [2.05, 4.69) is 6.58 Å². The highest BCUT2D eigenvalue weighted by molar-refractivity contribution is 7.95. The van der Waals surface area contributed by atoms with Gasteiger partial charge in [0.05, 0.1) is 9.79 Å². The van der Waals surface area contributed by atoms with E-state index in [1.165, 1.54) is 24.3 Å². The van der Waals surface area contributed by atoms with E-state index in [-0.39, 0.29) is 11.6 Å². The third-order valence-corrected chi connectivity index (χ3v) is 7.51. The predicted molar refractivity (Wildman–Crippen MR) is 99.0 cm³/mol. The average Bonchev–Trinajstić information content (AvgIpc) is 3.04. The summed E-state index contributed by atoms with van der Waals surface area (Å²) in [5.41, 5.74) is -11.9. The Morgan fingerprint density at radius 3 is 1.84 bits per heavy atom. The van der Waals surface area contributed by atoms with Gasteiger partial charge in [0.15, 0.2) is 0 Å². The molecule has 0 amide bonds. The van der Waals surface area contributed by atoms with Gasteiger partial charge in [-0.25, -0.2) is 21.6 Å². The zero-order valence-corrected chi connectivity index (χ0v) is 17.2. The maximum atomic E-state index is 13.1. The smallest absolute Gasteiger partial charge is 0.478 e. The molecule has 0 heterocycles. The largest absolute Gasteiger partial charge is 0.501 e. The molecular formula is C18H12F6O6S2. The van der Waals surface area contributed by atoms with Crippen LogP contribution in [0.25, 0.3) is 11.1 Å². The third-order valence-electron chi connectivity index (χ3n) is 4.24. The number of fused-ring (bicyclic) bond motifs is 3. The van der Waals surface area contributed by atoms with Gasteiger partial charge >= 0.3 is 17.0 Å². The zero-order valence-electron chi connectivity index (χ0n) is 15.5. The van der Waals surface area contributed by atoms with E-state index in [9.17, 15) is 48.0 Å². The number of alkyl halides is 6. The van der Waals surface area contributed by atoms with Gasteiger partial charge < -0.3 is 5.11 Å². The molecule has 3 rings (SSSR count). The lowest BCUT2D eigenvalue weighted by molar-refractivity contribution is -0.131. The SMILES string of the molecule is C=CC(=O)O.O=S(=O)(c1ccc2c(c1S(=O)(=O)C(F)(F)F)Cc1ccccc1-2)C(F)(F)F. The summed E-state index contributed by atoms with van der Waals surface area (Å²) in [6.07, 6.45) is 0.386. The fourth-order valence-corrected chi connectivity index (χ4v) is 5.50. The predicted octanol–water partition coefficient (Wildman–Crippen LogP) is 4.10. The van der Waals surface area contributed by atoms with Crippen molar-refractivity contribution in [2.24, 2.45) is 0 Å². The Morgan fingerprint density at radius 2 is 1.38 bits per heavy atom. The summed E-state index contributed by atoms with van der Waals surface area (Å²) in [4.78, 5) is 5.44. The quantitative estimate of drug-likeness (QED) is 0.427. The van der Waals surface area contributed by atoms with Crippen LogP contribution in [0.1, 0.15) is 11.1 Å². The Balaban J connectivity index is 0.000000654. The Morgan fingerprint density at radius 1 is 0.875 bits per heavy atom. The van der Waals surface area contributed by atoms with Gasteiger partial charge in [0, 0.05) is 12.5 Å². The number of benzene rings is 2. The Kier molecular flexibility index (Phi) is 6.54. The van der Waals surface area contributed by atoms with E-state index < -0.39 is 58.4 Å². The van der Waals surface area contributed by atoms with Crippen molar-refractivity contribution in [2.45, 2.75) is 27.2 Å². The molecule has 14 heteroatoms. The number of aliphatic carboxylic acids is 1. The fraction of sp³-hybridized carbons (Fsp3) is 0.167. The highest BCUT2D eigenvalue weighted by Gasteiger charge is 2.55. The molecule has 6 nitrogen and oxygen atoms in total. The molecule has 0 radical (unpaired) electrons. The first kappa shape index (κ1) is 25.4. The van der Waals surface area contributed by atoms with Gasteiger partial charge in [0.1, 0.15) is 0 Å². The summed E-state index contributed by atoms with van der Waals surface area (Å²) in [6, 6.07) is 7.06. The minimum Gasteiger partial charge on any atom is -0.478 e. The van der Waals surface area contributed by atoms with Crippen LogP contribution in [-0.4, -0.2) is 38.9 Å². The second-order valence-corrected chi connectivity index (χ2v) is 9.98. The normalized spacial score (nSPS) is 13.4. The number of hydrogen-bond donors (Lipinski definition) is 1. The summed E-state index contributed by atoms with van der Waals surface area (Å²) in [5.74, 6) is -0.981. The van der Waals surface area contributed by atoms with E-state index in [0.717, 1.165) is 12.1 Å². The minimum absolute atomic E-state index is 0.0606. The van der Waals surface area contributed by atoms with E-state index in [1.807, 2.05) is 0 Å². The van der Waals surface area contributed by atoms with Gasteiger partial charge in [-0.15, -0.1) is 0 Å². The van der Waals surface area contributed by atoms with Gasteiger partial charge in [-0.3, -0.25) is 0 Å². The molecule has 1 N–H and O–H groups in total. The monoisotopic (exact) mass is 502 g/mol. The van der Waals surface area contributed by atoms with Gasteiger partial charge in [-0.2, -0.15) is 26.3 Å². The zero-order chi connectivity index (χ0) is 24.7. The maximum absolute atomic E-state index is 13.1. The van der Waals surface area contributed by atoms with Crippen LogP contribution in [0, 0.1) is 0 Å². The molecule has 32 heavy (non-hydrogen) atoms. The molecule has 1 aliphatic rings. The second-order valence-electron chi connectivity index (χ2n) is 6.19. The van der Waals surface area contributed by atoms with Crippen molar-refractivity contribution in [3.8, 4) is 11.1 Å². The van der Waals surface area contributed by atoms with Crippen molar-refractivity contribution >= 4 is 25.6 Å². The summed E-state index contributed by atoms with van der Waals surface area (Å²) in [6.45, 7) is 2.96. The third kappa shape index (κ3) is 4.37. The summed E-state index contributed by atoms with van der Waals surface area (Å²) >= 11 is 0. The standard InChI is InChI=1S/C15H8F6O4S2.C3H4O2/c16-14(17,18)26(22,23)12-6-5-10-9-4-2-1-3-8(9)7-11(10)13(12)27(24,25)15(19,20)21;1-2-3(4)5/h1-6H,7H2;2H,1H2,(H,4,5). The fourth-order valence-electron chi connectivity index (χ4n) is 2.91. The summed E-state index contributed by atoms with van der Waals surface area (Å²) < 4.78 is 126. The molecule has 0 aromatic heterocycles. The first-order valence-electron chi connectivity index (χ1n) is 8.19. The lowest BCUT2D eigenvalue weighted by atomic mass is 10.1. The molecule has 2 aromatic carbocycles. The van der Waals surface area contributed by atoms with Crippen LogP contribution in [-0.2, 0) is 30.9 Å². The second kappa shape index (κ2) is 8.24. The lowest BCUT2D eigenvalue weighted by Crippen LogP contribution is -2.30. The summed E-state index contributed by atoms with van der Waals surface area (Å²) in [7, 11) is -12.7. The molecule has 0 spiro atoms. The Hall–Kier alpha value is -2.87. The minimum atomic E-state index is -6.37. The molecule has 0 bridgehead atoms. The number of sulfone groups is 2. The van der Waals surface area contributed by atoms with Crippen molar-refractivity contribution in [3.63, 3.8) is 0 Å². The molecule has 0 saturated carbocycles. The van der Waals surface area contributed by atoms with Crippen molar-refractivity contribution in [2.75, 3.05) is 0 Å². The number of carboxylic acids is 1. The van der Waals surface area contributed by atoms with Crippen molar-refractivity contribution in [1.82, 2.24) is 0 Å². The maximum Gasteiger partial charge on any atom is 0.501 e. The lowest BCUT2D eigenvalue weighted by Gasteiger charge is -2.18. The van der Waals surface area contributed by atoms with Crippen molar-refractivity contribution in [1.29, 1.82) is 0 Å². The first-order chi connectivity index (χ1) is 14.5. The van der Waals surface area contributed by atoms with Crippen LogP contribution in [0.15, 0.2) is 58.8 Å². The molecule has 0 aliphatic heterocycles. The van der Waals surface area contributed by atoms with E-state index in [4.69, 9.17) is 5.11 Å². The van der Waals surface area contributed by atoms with Crippen LogP contribution >= 0.6 is 0 Å². The molecule has 0 unspecified atom stereocenters. The number of carbonyl (C=O) groups is 1. The molecule has 2 aromatic rings. The molecule has 1 aliphatic carbocycles. The molecular weight excluding hydrogens is 490 g/mol. The molecule has 0 atom stereocenters. The van der Waals surface area contributed by atoms with Gasteiger partial charge in [0.2, 0.25) is 0 Å². The van der Waals surface area contributed by atoms with Crippen LogP contribution in [0.5, 0.6) is 0 Å². The van der Waals surface area contributed by atoms with Crippen molar-refractivity contribution in [3.05, 3.63) is 60.2 Å². The van der Waals surface area contributed by atoms with Gasteiger partial charge in [-0.05, 0) is 28.3 Å². The highest BCUT2D eigenvalue weighted by Crippen LogP contribution is 2.47. The number of rotatable bonds is 3. The average molecular weight is 502 g/mol. The van der Waals surface area contributed by atoms with Crippen LogP contribution < -0.4 is 0 Å². The molecule has 174 valence electrons. The van der Waals surface area contributed by atoms with Gasteiger partial charge in [-0.1, -0.05) is 36.9 Å². The van der Waals surface area contributed by atoms with E-state index in [1.54, 1.807) is 0 Å². The van der Waals surface area contributed by atoms with Crippen molar-refractivity contribution < 1.29 is 53.1 Å². The van der Waals surface area contributed by atoms with E-state index in [0.29, 0.717) is 11.1 Å². The van der Waals surface area contributed by atoms with E-state index >= 15 is 0 Å². The number of carboxylic acid groups (broad SMARTS) is 1. The molecule has 0 fully saturated rings. The Bertz CT molecular complexity index is 1290. The number of hydrogen-bond acceptors (Lipinski definition) is 5.